The van der Waals surface area contributed by atoms with Crippen molar-refractivity contribution in [3.05, 3.63) is 59.8 Å². The molecule has 2 aromatic carbocycles. The van der Waals surface area contributed by atoms with Gasteiger partial charge in [-0.2, -0.15) is 0 Å². The molecule has 1 aromatic heterocycles. The summed E-state index contributed by atoms with van der Waals surface area (Å²) >= 11 is 0. The summed E-state index contributed by atoms with van der Waals surface area (Å²) in [6.07, 6.45) is 6.10. The first-order valence-corrected chi connectivity index (χ1v) is 11.4. The molecule has 5 heteroatoms. The molecule has 0 spiro atoms. The normalized spacial score (nSPS) is 15.6. The number of para-hydroxylation sites is 1. The Kier molecular flexibility index (Phi) is 5.11. The highest BCUT2D eigenvalue weighted by atomic mass is 32.2. The second kappa shape index (κ2) is 7.55. The fourth-order valence-electron chi connectivity index (χ4n) is 3.93. The lowest BCUT2D eigenvalue weighted by Crippen LogP contribution is -2.26. The number of benzene rings is 2. The van der Waals surface area contributed by atoms with Gasteiger partial charge in [0.1, 0.15) is 4.90 Å². The van der Waals surface area contributed by atoms with Crippen molar-refractivity contribution in [2.75, 3.05) is 18.0 Å². The Morgan fingerprint density at radius 1 is 0.893 bits per heavy atom. The number of aromatic nitrogens is 1. The number of rotatable bonds is 3. The second-order valence-electron chi connectivity index (χ2n) is 7.64. The van der Waals surface area contributed by atoms with Gasteiger partial charge in [0.25, 0.3) is 0 Å². The number of hydrogen-bond donors (Lipinski definition) is 0. The molecule has 1 aliphatic heterocycles. The Hall–Kier alpha value is -2.40. The molecule has 0 bridgehead atoms. The molecule has 2 heterocycles. The van der Waals surface area contributed by atoms with Crippen molar-refractivity contribution in [1.29, 1.82) is 0 Å². The van der Waals surface area contributed by atoms with Gasteiger partial charge in [-0.25, -0.2) is 8.42 Å². The fourth-order valence-corrected chi connectivity index (χ4v) is 5.45. The summed E-state index contributed by atoms with van der Waals surface area (Å²) in [6, 6.07) is 13.2. The third-order valence-corrected chi connectivity index (χ3v) is 7.47. The van der Waals surface area contributed by atoms with Gasteiger partial charge < -0.3 is 4.90 Å². The molecule has 0 amide bonds. The Labute approximate surface area is 167 Å². The van der Waals surface area contributed by atoms with Gasteiger partial charge in [0.05, 0.1) is 16.1 Å². The number of aryl methyl sites for hydroxylation is 2. The van der Waals surface area contributed by atoms with Crippen molar-refractivity contribution in [3.63, 3.8) is 0 Å². The maximum Gasteiger partial charge on any atom is 0.210 e. The minimum Gasteiger partial charge on any atom is -0.370 e. The van der Waals surface area contributed by atoms with Crippen LogP contribution in [0.1, 0.15) is 36.8 Å². The third kappa shape index (κ3) is 3.39. The van der Waals surface area contributed by atoms with E-state index in [1.54, 1.807) is 18.3 Å². The average molecular weight is 395 g/mol. The van der Waals surface area contributed by atoms with Gasteiger partial charge in [0, 0.05) is 24.7 Å². The van der Waals surface area contributed by atoms with E-state index in [4.69, 9.17) is 0 Å². The van der Waals surface area contributed by atoms with Crippen LogP contribution in [0.25, 0.3) is 10.9 Å². The lowest BCUT2D eigenvalue weighted by atomic mass is 10.1. The zero-order chi connectivity index (χ0) is 19.7. The summed E-state index contributed by atoms with van der Waals surface area (Å²) < 4.78 is 27.2. The van der Waals surface area contributed by atoms with Gasteiger partial charge in [-0.05, 0) is 56.0 Å². The van der Waals surface area contributed by atoms with Crippen molar-refractivity contribution in [2.24, 2.45) is 0 Å². The molecular weight excluding hydrogens is 368 g/mol. The first-order chi connectivity index (χ1) is 13.5. The van der Waals surface area contributed by atoms with Gasteiger partial charge in [0.2, 0.25) is 9.84 Å². The van der Waals surface area contributed by atoms with Gasteiger partial charge in [-0.15, -0.1) is 0 Å². The van der Waals surface area contributed by atoms with Crippen LogP contribution < -0.4 is 4.90 Å². The van der Waals surface area contributed by atoms with E-state index in [9.17, 15) is 8.42 Å². The number of fused-ring (bicyclic) bond motifs is 1. The van der Waals surface area contributed by atoms with Crippen LogP contribution in [0.4, 0.5) is 5.69 Å². The molecule has 0 unspecified atom stereocenters. The topological polar surface area (TPSA) is 50.3 Å². The quantitative estimate of drug-likeness (QED) is 0.623. The number of hydrogen-bond acceptors (Lipinski definition) is 4. The molecule has 0 N–H and O–H groups in total. The highest BCUT2D eigenvalue weighted by Gasteiger charge is 2.27. The SMILES string of the molecule is Cc1ccc(S(=O)(=O)c2cnc3ccccc3c2N2CCCCCC2)cc1C. The summed E-state index contributed by atoms with van der Waals surface area (Å²) in [5, 5.41) is 0.911. The maximum absolute atomic E-state index is 13.6. The van der Waals surface area contributed by atoms with Crippen molar-refractivity contribution in [1.82, 2.24) is 4.98 Å². The van der Waals surface area contributed by atoms with Gasteiger partial charge in [-0.1, -0.05) is 37.1 Å². The van der Waals surface area contributed by atoms with Crippen molar-refractivity contribution >= 4 is 26.4 Å². The van der Waals surface area contributed by atoms with E-state index in [-0.39, 0.29) is 0 Å². The Morgan fingerprint density at radius 2 is 1.61 bits per heavy atom. The molecular formula is C23H26N2O2S. The van der Waals surface area contributed by atoms with Crippen LogP contribution >= 0.6 is 0 Å². The van der Waals surface area contributed by atoms with Crippen LogP contribution in [0.15, 0.2) is 58.5 Å². The minimum atomic E-state index is -3.67. The molecule has 1 fully saturated rings. The van der Waals surface area contributed by atoms with Crippen molar-refractivity contribution in [3.8, 4) is 0 Å². The van der Waals surface area contributed by atoms with E-state index in [1.807, 2.05) is 44.2 Å². The van der Waals surface area contributed by atoms with Crippen LogP contribution in [0.2, 0.25) is 0 Å². The van der Waals surface area contributed by atoms with Crippen molar-refractivity contribution in [2.45, 2.75) is 49.3 Å². The summed E-state index contributed by atoms with van der Waals surface area (Å²) in [4.78, 5) is 7.39. The smallest absolute Gasteiger partial charge is 0.210 e. The average Bonchev–Trinajstić information content (AvgIpc) is 2.98. The van der Waals surface area contributed by atoms with E-state index in [0.29, 0.717) is 9.79 Å². The molecule has 1 saturated heterocycles. The first kappa shape index (κ1) is 18.9. The molecule has 0 atom stereocenters. The van der Waals surface area contributed by atoms with Crippen LogP contribution in [0.5, 0.6) is 0 Å². The van der Waals surface area contributed by atoms with Crippen molar-refractivity contribution < 1.29 is 8.42 Å². The van der Waals surface area contributed by atoms with Crippen LogP contribution in [-0.4, -0.2) is 26.5 Å². The minimum absolute atomic E-state index is 0.316. The number of pyridine rings is 1. The van der Waals surface area contributed by atoms with E-state index in [2.05, 4.69) is 9.88 Å². The molecule has 28 heavy (non-hydrogen) atoms. The Bertz CT molecular complexity index is 1110. The van der Waals surface area contributed by atoms with E-state index < -0.39 is 9.84 Å². The number of sulfone groups is 1. The first-order valence-electron chi connectivity index (χ1n) is 9.93. The Morgan fingerprint density at radius 3 is 2.32 bits per heavy atom. The van der Waals surface area contributed by atoms with E-state index in [1.165, 1.54) is 12.8 Å². The third-order valence-electron chi connectivity index (χ3n) is 5.71. The summed E-state index contributed by atoms with van der Waals surface area (Å²) in [5.74, 6) is 0. The van der Waals surface area contributed by atoms with Crippen LogP contribution in [0.3, 0.4) is 0 Å². The number of anilines is 1. The predicted molar refractivity (Wildman–Crippen MR) is 114 cm³/mol. The van der Waals surface area contributed by atoms with E-state index >= 15 is 0 Å². The highest BCUT2D eigenvalue weighted by molar-refractivity contribution is 7.91. The van der Waals surface area contributed by atoms with Gasteiger partial charge in [0.15, 0.2) is 0 Å². The summed E-state index contributed by atoms with van der Waals surface area (Å²) in [6.45, 7) is 5.70. The van der Waals surface area contributed by atoms with Crippen LogP contribution in [0, 0.1) is 13.8 Å². The molecule has 4 rings (SSSR count). The molecule has 0 radical (unpaired) electrons. The predicted octanol–water partition coefficient (Wildman–Crippen LogP) is 5.06. The lowest BCUT2D eigenvalue weighted by molar-refractivity contribution is 0.595. The van der Waals surface area contributed by atoms with Gasteiger partial charge in [-0.3, -0.25) is 4.98 Å². The summed E-state index contributed by atoms with van der Waals surface area (Å²) in [5.41, 5.74) is 3.71. The monoisotopic (exact) mass is 394 g/mol. The molecule has 146 valence electrons. The highest BCUT2D eigenvalue weighted by Crippen LogP contribution is 2.37. The molecule has 0 saturated carbocycles. The standard InChI is InChI=1S/C23H26N2O2S/c1-17-11-12-19(15-18(17)2)28(26,27)22-16-24-21-10-6-5-9-20(21)23(22)25-13-7-3-4-8-14-25/h5-6,9-12,15-16H,3-4,7-8,13-14H2,1-2H3. The fraction of sp³-hybridized carbons (Fsp3) is 0.348. The zero-order valence-electron chi connectivity index (χ0n) is 16.5. The molecule has 3 aromatic rings. The van der Waals surface area contributed by atoms with E-state index in [0.717, 1.165) is 53.6 Å². The second-order valence-corrected chi connectivity index (χ2v) is 9.56. The largest absolute Gasteiger partial charge is 0.370 e. The van der Waals surface area contributed by atoms with Crippen LogP contribution in [-0.2, 0) is 9.84 Å². The molecule has 4 nitrogen and oxygen atoms in total. The van der Waals surface area contributed by atoms with Gasteiger partial charge >= 0.3 is 0 Å². The molecule has 1 aliphatic rings. The lowest BCUT2D eigenvalue weighted by Gasteiger charge is -2.26. The number of nitrogens with zero attached hydrogens (tertiary/aromatic N) is 2. The maximum atomic E-state index is 13.6. The summed E-state index contributed by atoms with van der Waals surface area (Å²) in [7, 11) is -3.67. The molecule has 0 aliphatic carbocycles. The zero-order valence-corrected chi connectivity index (χ0v) is 17.3. The Balaban J connectivity index is 1.95.